The maximum absolute atomic E-state index is 11.5. The second kappa shape index (κ2) is 6.06. The Bertz CT molecular complexity index is 940. The number of benzene rings is 2. The van der Waals surface area contributed by atoms with Crippen LogP contribution < -0.4 is 0 Å². The van der Waals surface area contributed by atoms with E-state index in [1.54, 1.807) is 41.9 Å². The molecule has 0 saturated carbocycles. The van der Waals surface area contributed by atoms with Crippen LogP contribution >= 0.6 is 11.3 Å². The zero-order chi connectivity index (χ0) is 16.4. The highest BCUT2D eigenvalue weighted by Gasteiger charge is 2.12. The van der Waals surface area contributed by atoms with E-state index < -0.39 is 9.84 Å². The largest absolute Gasteiger partial charge is 0.298 e. The van der Waals surface area contributed by atoms with Gasteiger partial charge in [-0.2, -0.15) is 0 Å². The molecule has 23 heavy (non-hydrogen) atoms. The summed E-state index contributed by atoms with van der Waals surface area (Å²) in [7, 11) is -3.20. The minimum Gasteiger partial charge on any atom is -0.298 e. The molecule has 0 N–H and O–H groups in total. The van der Waals surface area contributed by atoms with Gasteiger partial charge in [-0.05, 0) is 17.7 Å². The fourth-order valence-corrected chi connectivity index (χ4v) is 3.68. The van der Waals surface area contributed by atoms with E-state index in [2.05, 4.69) is 4.98 Å². The highest BCUT2D eigenvalue weighted by atomic mass is 32.2. The summed E-state index contributed by atoms with van der Waals surface area (Å²) >= 11 is 1.49. The van der Waals surface area contributed by atoms with Gasteiger partial charge in [-0.15, -0.1) is 11.3 Å². The van der Waals surface area contributed by atoms with Crippen LogP contribution in [0.4, 0.5) is 0 Å². The number of aromatic nitrogens is 1. The number of hydrogen-bond acceptors (Lipinski definition) is 5. The predicted molar refractivity (Wildman–Crippen MR) is 91.5 cm³/mol. The number of aldehydes is 1. The Morgan fingerprint density at radius 3 is 2.13 bits per heavy atom. The Hall–Kier alpha value is -2.31. The Labute approximate surface area is 138 Å². The first-order chi connectivity index (χ1) is 11.0. The van der Waals surface area contributed by atoms with Gasteiger partial charge in [0.1, 0.15) is 6.29 Å². The smallest absolute Gasteiger partial charge is 0.175 e. The summed E-state index contributed by atoms with van der Waals surface area (Å²) in [5, 5.41) is 0. The number of carbonyl (C=O) groups is 1. The average molecular weight is 343 g/mol. The van der Waals surface area contributed by atoms with E-state index in [-0.39, 0.29) is 0 Å². The first-order valence-corrected chi connectivity index (χ1v) is 9.56. The Kier molecular flexibility index (Phi) is 4.11. The van der Waals surface area contributed by atoms with Crippen molar-refractivity contribution in [2.24, 2.45) is 0 Å². The van der Waals surface area contributed by atoms with Crippen LogP contribution in [-0.2, 0) is 9.84 Å². The molecule has 116 valence electrons. The third-order valence-corrected chi connectivity index (χ3v) is 5.44. The topological polar surface area (TPSA) is 64.1 Å². The van der Waals surface area contributed by atoms with E-state index in [4.69, 9.17) is 0 Å². The van der Waals surface area contributed by atoms with E-state index >= 15 is 0 Å². The molecule has 0 amide bonds. The molecule has 0 radical (unpaired) electrons. The summed E-state index contributed by atoms with van der Waals surface area (Å²) in [6, 6.07) is 14.0. The lowest BCUT2D eigenvalue weighted by Gasteiger charge is -2.05. The van der Waals surface area contributed by atoms with Gasteiger partial charge < -0.3 is 0 Å². The average Bonchev–Trinajstić information content (AvgIpc) is 3.04. The Morgan fingerprint density at radius 2 is 1.57 bits per heavy atom. The first-order valence-electron chi connectivity index (χ1n) is 6.78. The molecule has 0 fully saturated rings. The normalized spacial score (nSPS) is 11.3. The standard InChI is InChI=1S/C17H13NO3S2/c1-23(20,21)15-8-6-14(7-9-15)17-16(18-11-22-17)13-4-2-12(10-19)3-5-13/h2-11H,1H3. The van der Waals surface area contributed by atoms with Crippen molar-refractivity contribution in [2.75, 3.05) is 6.26 Å². The molecule has 3 rings (SSSR count). The van der Waals surface area contributed by atoms with Gasteiger partial charge in [0, 0.05) is 17.4 Å². The van der Waals surface area contributed by atoms with Crippen LogP contribution in [0, 0.1) is 0 Å². The molecular formula is C17H13NO3S2. The SMILES string of the molecule is CS(=O)(=O)c1ccc(-c2scnc2-c2ccc(C=O)cc2)cc1. The monoisotopic (exact) mass is 343 g/mol. The molecule has 0 spiro atoms. The van der Waals surface area contributed by atoms with Gasteiger partial charge in [0.25, 0.3) is 0 Å². The lowest BCUT2D eigenvalue weighted by atomic mass is 10.1. The van der Waals surface area contributed by atoms with Gasteiger partial charge in [0.05, 0.1) is 21.0 Å². The number of carbonyl (C=O) groups excluding carboxylic acids is 1. The van der Waals surface area contributed by atoms with E-state index in [1.807, 2.05) is 12.1 Å². The molecule has 2 aromatic carbocycles. The van der Waals surface area contributed by atoms with Crippen LogP contribution in [0.15, 0.2) is 58.9 Å². The van der Waals surface area contributed by atoms with Crippen LogP contribution in [0.2, 0.25) is 0 Å². The third-order valence-electron chi connectivity index (χ3n) is 3.43. The van der Waals surface area contributed by atoms with Crippen LogP contribution in [0.25, 0.3) is 21.7 Å². The summed E-state index contributed by atoms with van der Waals surface area (Å²) in [5.41, 5.74) is 5.01. The zero-order valence-electron chi connectivity index (χ0n) is 12.3. The summed E-state index contributed by atoms with van der Waals surface area (Å²) in [6.45, 7) is 0. The van der Waals surface area contributed by atoms with Crippen molar-refractivity contribution in [3.8, 4) is 21.7 Å². The highest BCUT2D eigenvalue weighted by molar-refractivity contribution is 7.90. The van der Waals surface area contributed by atoms with Crippen molar-refractivity contribution in [3.63, 3.8) is 0 Å². The molecule has 4 nitrogen and oxygen atoms in total. The molecule has 0 aliphatic heterocycles. The van der Waals surface area contributed by atoms with Crippen molar-refractivity contribution in [1.82, 2.24) is 4.98 Å². The molecule has 0 atom stereocenters. The number of sulfone groups is 1. The lowest BCUT2D eigenvalue weighted by Crippen LogP contribution is -1.96. The summed E-state index contributed by atoms with van der Waals surface area (Å²) in [5.74, 6) is 0. The number of rotatable bonds is 4. The van der Waals surface area contributed by atoms with Crippen molar-refractivity contribution < 1.29 is 13.2 Å². The van der Waals surface area contributed by atoms with E-state index in [0.717, 1.165) is 28.0 Å². The van der Waals surface area contributed by atoms with Crippen LogP contribution in [-0.4, -0.2) is 25.9 Å². The van der Waals surface area contributed by atoms with Gasteiger partial charge >= 0.3 is 0 Å². The second-order valence-corrected chi connectivity index (χ2v) is 7.94. The van der Waals surface area contributed by atoms with Crippen LogP contribution in [0.3, 0.4) is 0 Å². The third kappa shape index (κ3) is 3.23. The van der Waals surface area contributed by atoms with Crippen molar-refractivity contribution in [3.05, 3.63) is 59.6 Å². The maximum Gasteiger partial charge on any atom is 0.175 e. The second-order valence-electron chi connectivity index (χ2n) is 5.07. The Balaban J connectivity index is 2.01. The van der Waals surface area contributed by atoms with Crippen LogP contribution in [0.1, 0.15) is 10.4 Å². The predicted octanol–water partition coefficient (Wildman–Crippen LogP) is 3.69. The minimum atomic E-state index is -3.20. The molecule has 0 aliphatic carbocycles. The van der Waals surface area contributed by atoms with E-state index in [9.17, 15) is 13.2 Å². The van der Waals surface area contributed by atoms with Gasteiger partial charge in [-0.3, -0.25) is 4.79 Å². The van der Waals surface area contributed by atoms with E-state index in [1.165, 1.54) is 17.6 Å². The molecule has 0 unspecified atom stereocenters. The van der Waals surface area contributed by atoms with Crippen molar-refractivity contribution in [2.45, 2.75) is 4.90 Å². The van der Waals surface area contributed by atoms with Crippen molar-refractivity contribution >= 4 is 27.5 Å². The minimum absolute atomic E-state index is 0.294. The first kappa shape index (κ1) is 15.6. The van der Waals surface area contributed by atoms with Gasteiger partial charge in [0.15, 0.2) is 9.84 Å². The fourth-order valence-electron chi connectivity index (χ4n) is 2.23. The van der Waals surface area contributed by atoms with Gasteiger partial charge in [-0.25, -0.2) is 13.4 Å². The molecule has 1 aromatic heterocycles. The molecule has 6 heteroatoms. The Morgan fingerprint density at radius 1 is 0.957 bits per heavy atom. The number of thiazole rings is 1. The lowest BCUT2D eigenvalue weighted by molar-refractivity contribution is 0.112. The molecule has 3 aromatic rings. The fraction of sp³-hybridized carbons (Fsp3) is 0.0588. The zero-order valence-corrected chi connectivity index (χ0v) is 13.9. The van der Waals surface area contributed by atoms with E-state index in [0.29, 0.717) is 10.5 Å². The molecular weight excluding hydrogens is 330 g/mol. The van der Waals surface area contributed by atoms with Gasteiger partial charge in [-0.1, -0.05) is 36.4 Å². The quantitative estimate of drug-likeness (QED) is 0.678. The molecule has 1 heterocycles. The molecule has 0 bridgehead atoms. The summed E-state index contributed by atoms with van der Waals surface area (Å²) < 4.78 is 23.1. The van der Waals surface area contributed by atoms with Gasteiger partial charge in [0.2, 0.25) is 0 Å². The highest BCUT2D eigenvalue weighted by Crippen LogP contribution is 2.35. The van der Waals surface area contributed by atoms with Crippen molar-refractivity contribution in [1.29, 1.82) is 0 Å². The number of hydrogen-bond donors (Lipinski definition) is 0. The molecule has 0 aliphatic rings. The summed E-state index contributed by atoms with van der Waals surface area (Å²) in [4.78, 5) is 16.4. The maximum atomic E-state index is 11.5. The number of nitrogens with zero attached hydrogens (tertiary/aromatic N) is 1. The molecule has 0 saturated heterocycles. The van der Waals surface area contributed by atoms with Crippen LogP contribution in [0.5, 0.6) is 0 Å². The summed E-state index contributed by atoms with van der Waals surface area (Å²) in [6.07, 6.45) is 1.99.